The molecule has 5 nitrogen and oxygen atoms in total. The Bertz CT molecular complexity index is 984. The maximum absolute atomic E-state index is 13.0. The van der Waals surface area contributed by atoms with E-state index in [1.165, 1.54) is 11.1 Å². The highest BCUT2D eigenvalue weighted by Crippen LogP contribution is 2.45. The highest BCUT2D eigenvalue weighted by atomic mass is 16.6. The molecule has 1 saturated heterocycles. The van der Waals surface area contributed by atoms with Crippen LogP contribution in [-0.2, 0) is 17.7 Å². The number of ketones is 1. The van der Waals surface area contributed by atoms with Crippen molar-refractivity contribution in [1.82, 2.24) is 4.90 Å². The van der Waals surface area contributed by atoms with Crippen LogP contribution in [0.4, 0.5) is 0 Å². The molecule has 3 atom stereocenters. The minimum atomic E-state index is -0.106. The zero-order valence-corrected chi connectivity index (χ0v) is 17.5. The molecular weight excluding hydrogens is 378 g/mol. The standard InChI is InChI=1S/C25H27NO4/c1-28-21-13-18-12-20(23(27)19(18)14-22(21)29-2)25-24(30-25)17-8-10-26(11-9-17)15-16-6-4-3-5-7-16/h3-8,13-14,20,24-25H,9-12,15H2,1-2H3/t20-,24?,25+/m1/s1. The van der Waals surface area contributed by atoms with Crippen LogP contribution >= 0.6 is 0 Å². The summed E-state index contributed by atoms with van der Waals surface area (Å²) in [6.45, 7) is 2.93. The fraction of sp³-hybridized carbons (Fsp3) is 0.400. The lowest BCUT2D eigenvalue weighted by Gasteiger charge is -2.26. The molecule has 2 aliphatic heterocycles. The summed E-state index contributed by atoms with van der Waals surface area (Å²) < 4.78 is 16.8. The van der Waals surface area contributed by atoms with Gasteiger partial charge in [-0.15, -0.1) is 0 Å². The number of carbonyl (C=O) groups is 1. The summed E-state index contributed by atoms with van der Waals surface area (Å²) in [5, 5.41) is 0. The van der Waals surface area contributed by atoms with E-state index in [9.17, 15) is 4.79 Å². The molecule has 0 aromatic heterocycles. The molecule has 5 rings (SSSR count). The van der Waals surface area contributed by atoms with E-state index in [0.29, 0.717) is 17.9 Å². The fourth-order valence-corrected chi connectivity index (χ4v) is 4.81. The molecule has 1 unspecified atom stereocenters. The number of Topliss-reactive ketones (excluding diaryl/α,β-unsaturated/α-hetero) is 1. The molecule has 0 radical (unpaired) electrons. The first-order valence-electron chi connectivity index (χ1n) is 10.6. The van der Waals surface area contributed by atoms with E-state index in [4.69, 9.17) is 14.2 Å². The number of carbonyl (C=O) groups excluding carboxylic acids is 1. The number of nitrogens with zero attached hydrogens (tertiary/aromatic N) is 1. The normalized spacial score (nSPS) is 25.6. The first-order chi connectivity index (χ1) is 14.7. The lowest BCUT2D eigenvalue weighted by atomic mass is 9.93. The van der Waals surface area contributed by atoms with Gasteiger partial charge in [-0.3, -0.25) is 9.69 Å². The minimum absolute atomic E-state index is 0.00573. The molecule has 1 fully saturated rings. The van der Waals surface area contributed by atoms with Crippen LogP contribution < -0.4 is 9.47 Å². The molecule has 156 valence electrons. The topological polar surface area (TPSA) is 51.3 Å². The molecule has 3 aliphatic rings. The molecule has 0 spiro atoms. The van der Waals surface area contributed by atoms with Crippen molar-refractivity contribution >= 4 is 5.78 Å². The SMILES string of the molecule is COc1cc2c(cc1OC)C(=O)[C@H]([C@@H]1OC1C1=CCN(Cc3ccccc3)CC1)C2. The van der Waals surface area contributed by atoms with E-state index in [0.717, 1.165) is 37.2 Å². The Morgan fingerprint density at radius 3 is 2.57 bits per heavy atom. The van der Waals surface area contributed by atoms with Crippen LogP contribution in [0.2, 0.25) is 0 Å². The monoisotopic (exact) mass is 405 g/mol. The van der Waals surface area contributed by atoms with Crippen LogP contribution in [0, 0.1) is 5.92 Å². The number of fused-ring (bicyclic) bond motifs is 1. The highest BCUT2D eigenvalue weighted by Gasteiger charge is 2.52. The van der Waals surface area contributed by atoms with Crippen molar-refractivity contribution in [1.29, 1.82) is 0 Å². The van der Waals surface area contributed by atoms with Crippen molar-refractivity contribution in [2.24, 2.45) is 5.92 Å². The summed E-state index contributed by atoms with van der Waals surface area (Å²) in [6.07, 6.45) is 4.10. The van der Waals surface area contributed by atoms with Crippen molar-refractivity contribution < 1.29 is 19.0 Å². The molecule has 5 heteroatoms. The van der Waals surface area contributed by atoms with Crippen LogP contribution in [0.3, 0.4) is 0 Å². The Morgan fingerprint density at radius 1 is 1.10 bits per heavy atom. The van der Waals surface area contributed by atoms with Gasteiger partial charge in [0.2, 0.25) is 0 Å². The van der Waals surface area contributed by atoms with Crippen LogP contribution in [0.15, 0.2) is 54.1 Å². The number of epoxide rings is 1. The summed E-state index contributed by atoms with van der Waals surface area (Å²) in [5.41, 5.74) is 4.47. The predicted octanol–water partition coefficient (Wildman–Crippen LogP) is 3.66. The van der Waals surface area contributed by atoms with Gasteiger partial charge < -0.3 is 14.2 Å². The van der Waals surface area contributed by atoms with Gasteiger partial charge in [0.05, 0.1) is 26.2 Å². The van der Waals surface area contributed by atoms with E-state index >= 15 is 0 Å². The van der Waals surface area contributed by atoms with Gasteiger partial charge in [0.25, 0.3) is 0 Å². The first-order valence-corrected chi connectivity index (χ1v) is 10.6. The lowest BCUT2D eigenvalue weighted by Crippen LogP contribution is -2.30. The van der Waals surface area contributed by atoms with E-state index in [1.54, 1.807) is 14.2 Å². The van der Waals surface area contributed by atoms with Gasteiger partial charge in [-0.2, -0.15) is 0 Å². The Labute approximate surface area is 177 Å². The zero-order valence-electron chi connectivity index (χ0n) is 17.5. The highest BCUT2D eigenvalue weighted by molar-refractivity contribution is 6.03. The van der Waals surface area contributed by atoms with Crippen molar-refractivity contribution in [2.75, 3.05) is 27.3 Å². The molecule has 0 bridgehead atoms. The van der Waals surface area contributed by atoms with Crippen molar-refractivity contribution in [2.45, 2.75) is 31.6 Å². The summed E-state index contributed by atoms with van der Waals surface area (Å²) in [4.78, 5) is 15.5. The number of methoxy groups -OCH3 is 2. The van der Waals surface area contributed by atoms with E-state index in [-0.39, 0.29) is 23.9 Å². The Kier molecular flexibility index (Phi) is 5.09. The number of ether oxygens (including phenoxy) is 3. The number of hydrogen-bond acceptors (Lipinski definition) is 5. The Morgan fingerprint density at radius 2 is 1.87 bits per heavy atom. The second-order valence-electron chi connectivity index (χ2n) is 8.31. The van der Waals surface area contributed by atoms with Gasteiger partial charge in [-0.05, 0) is 41.7 Å². The molecule has 2 aromatic rings. The average Bonchev–Trinajstić information content (AvgIpc) is 3.51. The fourth-order valence-electron chi connectivity index (χ4n) is 4.81. The summed E-state index contributed by atoms with van der Waals surface area (Å²) >= 11 is 0. The number of hydrogen-bond donors (Lipinski definition) is 0. The van der Waals surface area contributed by atoms with Crippen LogP contribution in [-0.4, -0.2) is 50.2 Å². The molecule has 0 saturated carbocycles. The second-order valence-corrected chi connectivity index (χ2v) is 8.31. The quantitative estimate of drug-likeness (QED) is 0.542. The van der Waals surface area contributed by atoms with Gasteiger partial charge in [-0.1, -0.05) is 36.4 Å². The number of rotatable bonds is 6. The average molecular weight is 405 g/mol. The lowest BCUT2D eigenvalue weighted by molar-refractivity contribution is 0.0915. The molecule has 30 heavy (non-hydrogen) atoms. The molecular formula is C25H27NO4. The largest absolute Gasteiger partial charge is 0.493 e. The molecule has 1 aliphatic carbocycles. The third-order valence-electron chi connectivity index (χ3n) is 6.52. The molecule has 2 heterocycles. The molecule has 2 aromatic carbocycles. The third kappa shape index (κ3) is 3.53. The van der Waals surface area contributed by atoms with Gasteiger partial charge in [0, 0.05) is 25.2 Å². The van der Waals surface area contributed by atoms with E-state index < -0.39 is 0 Å². The van der Waals surface area contributed by atoms with E-state index in [1.807, 2.05) is 12.1 Å². The molecule has 0 amide bonds. The minimum Gasteiger partial charge on any atom is -0.493 e. The van der Waals surface area contributed by atoms with Crippen LogP contribution in [0.1, 0.15) is 27.9 Å². The van der Waals surface area contributed by atoms with Crippen molar-refractivity contribution in [3.05, 3.63) is 70.8 Å². The van der Waals surface area contributed by atoms with Gasteiger partial charge >= 0.3 is 0 Å². The summed E-state index contributed by atoms with van der Waals surface area (Å²) in [5.74, 6) is 1.34. The van der Waals surface area contributed by atoms with Crippen molar-refractivity contribution in [3.63, 3.8) is 0 Å². The third-order valence-corrected chi connectivity index (χ3v) is 6.52. The first kappa shape index (κ1) is 19.3. The van der Waals surface area contributed by atoms with Gasteiger partial charge in [0.1, 0.15) is 6.10 Å². The Balaban J connectivity index is 1.23. The smallest absolute Gasteiger partial charge is 0.169 e. The molecule has 0 N–H and O–H groups in total. The number of benzene rings is 2. The van der Waals surface area contributed by atoms with Crippen molar-refractivity contribution in [3.8, 4) is 11.5 Å². The van der Waals surface area contributed by atoms with Crippen LogP contribution in [0.5, 0.6) is 11.5 Å². The summed E-state index contributed by atoms with van der Waals surface area (Å²) in [6, 6.07) is 14.3. The van der Waals surface area contributed by atoms with E-state index in [2.05, 4.69) is 41.3 Å². The van der Waals surface area contributed by atoms with Gasteiger partial charge in [0.15, 0.2) is 17.3 Å². The second kappa shape index (κ2) is 7.89. The maximum atomic E-state index is 13.0. The Hall–Kier alpha value is -2.63. The maximum Gasteiger partial charge on any atom is 0.169 e. The summed E-state index contributed by atoms with van der Waals surface area (Å²) in [7, 11) is 3.22. The predicted molar refractivity (Wildman–Crippen MR) is 114 cm³/mol. The zero-order chi connectivity index (χ0) is 20.7. The van der Waals surface area contributed by atoms with Crippen LogP contribution in [0.25, 0.3) is 0 Å². The van der Waals surface area contributed by atoms with Gasteiger partial charge in [-0.25, -0.2) is 0 Å².